The number of nitrogens with zero attached hydrogens (tertiary/aromatic N) is 3. The van der Waals surface area contributed by atoms with E-state index >= 15 is 0 Å². The number of amides is 3. The first-order valence-electron chi connectivity index (χ1n) is 10.1. The molecule has 1 aromatic rings. The van der Waals surface area contributed by atoms with Gasteiger partial charge in [0, 0.05) is 64.9 Å². The number of rotatable bonds is 9. The summed E-state index contributed by atoms with van der Waals surface area (Å²) < 4.78 is 0. The number of thioether (sulfide) groups is 1. The Balaban J connectivity index is 1.78. The number of hydrogen-bond donors (Lipinski definition) is 1. The molecule has 1 aliphatic heterocycles. The highest BCUT2D eigenvalue weighted by atomic mass is 32.2. The van der Waals surface area contributed by atoms with Crippen LogP contribution in [0.1, 0.15) is 18.9 Å². The third-order valence-corrected chi connectivity index (χ3v) is 5.73. The minimum atomic E-state index is -0.184. The average molecular weight is 421 g/mol. The van der Waals surface area contributed by atoms with E-state index in [1.54, 1.807) is 4.90 Å². The van der Waals surface area contributed by atoms with Gasteiger partial charge in [-0.3, -0.25) is 9.59 Å². The van der Waals surface area contributed by atoms with Gasteiger partial charge in [0.2, 0.25) is 5.91 Å². The van der Waals surface area contributed by atoms with Crippen molar-refractivity contribution in [3.63, 3.8) is 0 Å². The normalized spacial score (nSPS) is 14.5. The largest absolute Gasteiger partial charge is 0.340 e. The van der Waals surface area contributed by atoms with Gasteiger partial charge in [-0.05, 0) is 19.0 Å². The molecular weight excluding hydrogens is 388 g/mol. The molecule has 1 saturated heterocycles. The van der Waals surface area contributed by atoms with Gasteiger partial charge < -0.3 is 20.0 Å². The predicted molar refractivity (Wildman–Crippen MR) is 117 cm³/mol. The van der Waals surface area contributed by atoms with Gasteiger partial charge >= 0.3 is 6.03 Å². The lowest BCUT2D eigenvalue weighted by Gasteiger charge is -2.32. The smallest absolute Gasteiger partial charge is 0.317 e. The summed E-state index contributed by atoms with van der Waals surface area (Å²) in [4.78, 5) is 41.9. The number of urea groups is 1. The van der Waals surface area contributed by atoms with E-state index in [1.165, 1.54) is 18.7 Å². The molecule has 1 fully saturated rings. The summed E-state index contributed by atoms with van der Waals surface area (Å²) in [5.74, 6) is 0.652. The van der Waals surface area contributed by atoms with Crippen molar-refractivity contribution in [2.75, 3.05) is 58.6 Å². The lowest BCUT2D eigenvalue weighted by atomic mass is 10.1. The fraction of sp³-hybridized carbons (Fsp3) is 0.571. The van der Waals surface area contributed by atoms with E-state index in [0.29, 0.717) is 31.8 Å². The van der Waals surface area contributed by atoms with Gasteiger partial charge in [0.05, 0.1) is 0 Å². The lowest BCUT2D eigenvalue weighted by Crippen LogP contribution is -2.48. The van der Waals surface area contributed by atoms with Crippen LogP contribution in [0, 0.1) is 0 Å². The van der Waals surface area contributed by atoms with E-state index in [4.69, 9.17) is 0 Å². The van der Waals surface area contributed by atoms with E-state index in [0.717, 1.165) is 38.2 Å². The minimum absolute atomic E-state index is 0.0474. The minimum Gasteiger partial charge on any atom is -0.340 e. The van der Waals surface area contributed by atoms with Crippen molar-refractivity contribution in [2.45, 2.75) is 19.8 Å². The maximum Gasteiger partial charge on any atom is 0.317 e. The Morgan fingerprint density at radius 2 is 1.76 bits per heavy atom. The maximum absolute atomic E-state index is 12.6. The standard InChI is InChI=1S/C21H32N4O3S/c1-18(26)29-17-16-25(11-9-19-6-4-3-5-7-19)21(28)22-10-8-20(27)24-14-12-23(2)13-15-24/h3-7H,8-17H2,1-2H3,(H,22,28). The van der Waals surface area contributed by atoms with Gasteiger partial charge in [0.1, 0.15) is 0 Å². The van der Waals surface area contributed by atoms with E-state index in [2.05, 4.69) is 17.3 Å². The molecule has 2 rings (SSSR count). The molecule has 0 aromatic heterocycles. The Labute approximate surface area is 177 Å². The number of nitrogens with one attached hydrogen (secondary N) is 1. The summed E-state index contributed by atoms with van der Waals surface area (Å²) in [6.45, 7) is 6.19. The zero-order valence-corrected chi connectivity index (χ0v) is 18.2. The summed E-state index contributed by atoms with van der Waals surface area (Å²) in [7, 11) is 2.05. The van der Waals surface area contributed by atoms with Crippen molar-refractivity contribution in [2.24, 2.45) is 0 Å². The second-order valence-corrected chi connectivity index (χ2v) is 8.50. The van der Waals surface area contributed by atoms with E-state index in [1.807, 2.05) is 35.2 Å². The predicted octanol–water partition coefficient (Wildman–Crippen LogP) is 1.68. The monoisotopic (exact) mass is 420 g/mol. The zero-order valence-electron chi connectivity index (χ0n) is 17.4. The second-order valence-electron chi connectivity index (χ2n) is 7.23. The van der Waals surface area contributed by atoms with Crippen molar-refractivity contribution in [1.29, 1.82) is 0 Å². The number of hydrogen-bond acceptors (Lipinski definition) is 5. The van der Waals surface area contributed by atoms with Crippen LogP contribution in [-0.2, 0) is 16.0 Å². The quantitative estimate of drug-likeness (QED) is 0.658. The molecule has 29 heavy (non-hydrogen) atoms. The second kappa shape index (κ2) is 12.5. The highest BCUT2D eigenvalue weighted by Gasteiger charge is 2.19. The van der Waals surface area contributed by atoms with Crippen LogP contribution in [0.4, 0.5) is 4.79 Å². The Kier molecular flexibility index (Phi) is 10.0. The summed E-state index contributed by atoms with van der Waals surface area (Å²) in [5.41, 5.74) is 1.16. The first kappa shape index (κ1) is 23.2. The first-order chi connectivity index (χ1) is 14.0. The maximum atomic E-state index is 12.6. The van der Waals surface area contributed by atoms with Gasteiger partial charge in [-0.2, -0.15) is 0 Å². The molecule has 1 heterocycles. The average Bonchev–Trinajstić information content (AvgIpc) is 2.71. The van der Waals surface area contributed by atoms with Crippen molar-refractivity contribution in [3.05, 3.63) is 35.9 Å². The molecule has 0 spiro atoms. The van der Waals surface area contributed by atoms with Crippen LogP contribution >= 0.6 is 11.8 Å². The molecule has 0 atom stereocenters. The number of likely N-dealkylation sites (N-methyl/N-ethyl adjacent to an activating group) is 1. The van der Waals surface area contributed by atoms with Crippen LogP contribution in [-0.4, -0.2) is 90.4 Å². The van der Waals surface area contributed by atoms with E-state index in [-0.39, 0.29) is 17.1 Å². The van der Waals surface area contributed by atoms with Gasteiger partial charge in [-0.25, -0.2) is 4.79 Å². The Morgan fingerprint density at radius 3 is 2.41 bits per heavy atom. The van der Waals surface area contributed by atoms with Crippen LogP contribution < -0.4 is 5.32 Å². The molecule has 8 heteroatoms. The third kappa shape index (κ3) is 8.87. The fourth-order valence-electron chi connectivity index (χ4n) is 3.13. The Morgan fingerprint density at radius 1 is 1.07 bits per heavy atom. The number of carbonyl (C=O) groups is 3. The highest BCUT2D eigenvalue weighted by Crippen LogP contribution is 2.06. The van der Waals surface area contributed by atoms with Crippen molar-refractivity contribution in [1.82, 2.24) is 20.0 Å². The molecule has 0 bridgehead atoms. The van der Waals surface area contributed by atoms with Crippen LogP contribution in [0.2, 0.25) is 0 Å². The fourth-order valence-corrected chi connectivity index (χ4v) is 3.72. The molecule has 1 aromatic carbocycles. The molecule has 0 saturated carbocycles. The summed E-state index contributed by atoms with van der Waals surface area (Å²) in [5, 5.41) is 2.92. The van der Waals surface area contributed by atoms with E-state index < -0.39 is 0 Å². The summed E-state index contributed by atoms with van der Waals surface area (Å²) in [6.07, 6.45) is 1.06. The number of piperazine rings is 1. The third-order valence-electron chi connectivity index (χ3n) is 4.94. The number of benzene rings is 1. The van der Waals surface area contributed by atoms with Crippen LogP contribution in [0.15, 0.2) is 30.3 Å². The lowest BCUT2D eigenvalue weighted by molar-refractivity contribution is -0.132. The van der Waals surface area contributed by atoms with Gasteiger partial charge in [-0.1, -0.05) is 42.1 Å². The van der Waals surface area contributed by atoms with Crippen molar-refractivity contribution >= 4 is 28.8 Å². The highest BCUT2D eigenvalue weighted by molar-refractivity contribution is 8.13. The molecule has 0 aliphatic carbocycles. The molecular formula is C21H32N4O3S. The van der Waals surface area contributed by atoms with Crippen LogP contribution in [0.5, 0.6) is 0 Å². The summed E-state index contributed by atoms with van der Waals surface area (Å²) >= 11 is 1.22. The van der Waals surface area contributed by atoms with Gasteiger partial charge in [-0.15, -0.1) is 0 Å². The number of carbonyl (C=O) groups excluding carboxylic acids is 3. The zero-order chi connectivity index (χ0) is 21.1. The Hall–Kier alpha value is -2.06. The van der Waals surface area contributed by atoms with Crippen LogP contribution in [0.25, 0.3) is 0 Å². The molecule has 0 radical (unpaired) electrons. The van der Waals surface area contributed by atoms with Crippen LogP contribution in [0.3, 0.4) is 0 Å². The van der Waals surface area contributed by atoms with Gasteiger partial charge in [0.15, 0.2) is 5.12 Å². The van der Waals surface area contributed by atoms with Crippen molar-refractivity contribution < 1.29 is 14.4 Å². The SMILES string of the molecule is CC(=O)SCCN(CCc1ccccc1)C(=O)NCCC(=O)N1CCN(C)CC1. The topological polar surface area (TPSA) is 73.0 Å². The molecule has 7 nitrogen and oxygen atoms in total. The van der Waals surface area contributed by atoms with Gasteiger partial charge in [0.25, 0.3) is 0 Å². The first-order valence-corrected chi connectivity index (χ1v) is 11.1. The van der Waals surface area contributed by atoms with Crippen molar-refractivity contribution in [3.8, 4) is 0 Å². The molecule has 1 N–H and O–H groups in total. The molecule has 1 aliphatic rings. The summed E-state index contributed by atoms with van der Waals surface area (Å²) in [6, 6.07) is 9.82. The molecule has 0 unspecified atom stereocenters. The Bertz CT molecular complexity index is 663. The van der Waals surface area contributed by atoms with E-state index in [9.17, 15) is 14.4 Å². The molecule has 3 amide bonds. The molecule has 160 valence electrons.